The van der Waals surface area contributed by atoms with Crippen molar-refractivity contribution in [2.45, 2.75) is 32.4 Å². The molecule has 0 spiro atoms. The molecule has 3 rings (SSSR count). The lowest BCUT2D eigenvalue weighted by Gasteiger charge is -2.34. The van der Waals surface area contributed by atoms with E-state index in [4.69, 9.17) is 5.26 Å². The molecule has 0 aliphatic carbocycles. The number of rotatable bonds is 4. The number of nitriles is 1. The van der Waals surface area contributed by atoms with E-state index in [-0.39, 0.29) is 36.3 Å². The molecule has 0 amide bonds. The molecule has 0 saturated carbocycles. The second-order valence-electron chi connectivity index (χ2n) is 6.89. The van der Waals surface area contributed by atoms with E-state index in [1.807, 2.05) is 31.2 Å². The Morgan fingerprint density at radius 2 is 2.07 bits per heavy atom. The molecule has 29 heavy (non-hydrogen) atoms. The van der Waals surface area contributed by atoms with Gasteiger partial charge in [0.1, 0.15) is 11.6 Å². The molecule has 1 aromatic carbocycles. The zero-order valence-corrected chi connectivity index (χ0v) is 19.0. The van der Waals surface area contributed by atoms with Gasteiger partial charge in [-0.3, -0.25) is 4.99 Å². The van der Waals surface area contributed by atoms with Gasteiger partial charge in [0.25, 0.3) is 0 Å². The molecule has 2 aromatic rings. The molecule has 1 aliphatic heterocycles. The molecule has 0 radical (unpaired) electrons. The van der Waals surface area contributed by atoms with Crippen molar-refractivity contribution in [3.8, 4) is 6.07 Å². The summed E-state index contributed by atoms with van der Waals surface area (Å²) >= 11 is 0. The van der Waals surface area contributed by atoms with Crippen molar-refractivity contribution < 1.29 is 4.39 Å². The number of aliphatic imine (C=N–C) groups is 1. The Hall–Kier alpha value is -2.41. The minimum absolute atomic E-state index is 0. The van der Waals surface area contributed by atoms with Crippen LogP contribution in [0.2, 0.25) is 0 Å². The van der Waals surface area contributed by atoms with Gasteiger partial charge in [0.15, 0.2) is 5.96 Å². The molecule has 1 aromatic heterocycles. The quantitative estimate of drug-likeness (QED) is 0.377. The third-order valence-electron chi connectivity index (χ3n) is 4.88. The molecular formula is C21H26FIN6. The standard InChI is InChI=1S/C21H25FN6.HI/c1-15-4-3-5-20(26-15)28-10-8-18(9-11-28)27-21(24-2)25-14-17-12-16(13-23)6-7-19(17)22;/h3-7,12,18H,8-11,14H2,1-2H3,(H2,24,25,27);1H. The minimum Gasteiger partial charge on any atom is -0.356 e. The van der Waals surface area contributed by atoms with Crippen LogP contribution in [0.15, 0.2) is 41.4 Å². The lowest BCUT2D eigenvalue weighted by molar-refractivity contribution is 0.459. The van der Waals surface area contributed by atoms with E-state index < -0.39 is 0 Å². The predicted octanol–water partition coefficient (Wildman–Crippen LogP) is 3.35. The number of hydrogen-bond donors (Lipinski definition) is 2. The number of hydrogen-bond acceptors (Lipinski definition) is 4. The Kier molecular flexibility index (Phi) is 8.64. The Morgan fingerprint density at radius 3 is 2.72 bits per heavy atom. The summed E-state index contributed by atoms with van der Waals surface area (Å²) in [7, 11) is 1.70. The van der Waals surface area contributed by atoms with Crippen LogP contribution in [0.4, 0.5) is 10.2 Å². The fraction of sp³-hybridized carbons (Fsp3) is 0.381. The predicted molar refractivity (Wildman–Crippen MR) is 124 cm³/mol. The molecule has 8 heteroatoms. The molecule has 1 fully saturated rings. The molecule has 1 saturated heterocycles. The van der Waals surface area contributed by atoms with Crippen molar-refractivity contribution in [1.29, 1.82) is 5.26 Å². The maximum absolute atomic E-state index is 13.9. The first kappa shape index (κ1) is 22.9. The normalized spacial score (nSPS) is 14.7. The van der Waals surface area contributed by atoms with Crippen molar-refractivity contribution in [2.24, 2.45) is 4.99 Å². The van der Waals surface area contributed by atoms with Crippen molar-refractivity contribution >= 4 is 35.8 Å². The Labute approximate surface area is 188 Å². The van der Waals surface area contributed by atoms with Gasteiger partial charge in [-0.2, -0.15) is 5.26 Å². The monoisotopic (exact) mass is 508 g/mol. The fourth-order valence-electron chi connectivity index (χ4n) is 3.30. The van der Waals surface area contributed by atoms with Gasteiger partial charge in [0.05, 0.1) is 11.6 Å². The summed E-state index contributed by atoms with van der Waals surface area (Å²) in [6, 6.07) is 12.8. The van der Waals surface area contributed by atoms with Gasteiger partial charge in [-0.05, 0) is 50.1 Å². The first-order chi connectivity index (χ1) is 13.6. The van der Waals surface area contributed by atoms with Gasteiger partial charge >= 0.3 is 0 Å². The number of nitrogens with one attached hydrogen (secondary N) is 2. The van der Waals surface area contributed by atoms with Gasteiger partial charge in [-0.15, -0.1) is 24.0 Å². The second kappa shape index (κ2) is 11.0. The van der Waals surface area contributed by atoms with Gasteiger partial charge in [0.2, 0.25) is 0 Å². The molecule has 1 aliphatic rings. The SMILES string of the molecule is CN=C(NCc1cc(C#N)ccc1F)NC1CCN(c2cccc(C)n2)CC1.I. The number of aromatic nitrogens is 1. The maximum atomic E-state index is 13.9. The van der Waals surface area contributed by atoms with E-state index in [2.05, 4.69) is 25.5 Å². The third kappa shape index (κ3) is 6.29. The van der Waals surface area contributed by atoms with E-state index in [9.17, 15) is 4.39 Å². The number of halogens is 2. The molecule has 0 bridgehead atoms. The number of nitrogens with zero attached hydrogens (tertiary/aromatic N) is 4. The van der Waals surface area contributed by atoms with Crippen LogP contribution < -0.4 is 15.5 Å². The molecule has 154 valence electrons. The molecule has 2 N–H and O–H groups in total. The van der Waals surface area contributed by atoms with Crippen molar-refractivity contribution in [3.05, 3.63) is 59.0 Å². The Bertz CT molecular complexity index is 887. The Balaban J connectivity index is 0.00000300. The van der Waals surface area contributed by atoms with Crippen LogP contribution in [0.5, 0.6) is 0 Å². The summed E-state index contributed by atoms with van der Waals surface area (Å²) in [4.78, 5) is 11.1. The van der Waals surface area contributed by atoms with Crippen molar-refractivity contribution in [1.82, 2.24) is 15.6 Å². The maximum Gasteiger partial charge on any atom is 0.191 e. The summed E-state index contributed by atoms with van der Waals surface area (Å²) in [6.07, 6.45) is 1.93. The summed E-state index contributed by atoms with van der Waals surface area (Å²) < 4.78 is 13.9. The molecule has 6 nitrogen and oxygen atoms in total. The van der Waals surface area contributed by atoms with Crippen LogP contribution in [0.1, 0.15) is 29.7 Å². The largest absolute Gasteiger partial charge is 0.356 e. The first-order valence-corrected chi connectivity index (χ1v) is 9.43. The lowest BCUT2D eigenvalue weighted by Crippen LogP contribution is -2.48. The summed E-state index contributed by atoms with van der Waals surface area (Å²) in [5.41, 5.74) is 1.91. The second-order valence-corrected chi connectivity index (χ2v) is 6.89. The van der Waals surface area contributed by atoms with E-state index in [1.165, 1.54) is 12.1 Å². The van der Waals surface area contributed by atoms with Crippen LogP contribution in [0, 0.1) is 24.1 Å². The zero-order chi connectivity index (χ0) is 19.9. The van der Waals surface area contributed by atoms with E-state index in [1.54, 1.807) is 13.1 Å². The molecule has 0 atom stereocenters. The summed E-state index contributed by atoms with van der Waals surface area (Å²) in [6.45, 7) is 4.11. The zero-order valence-electron chi connectivity index (χ0n) is 16.7. The highest BCUT2D eigenvalue weighted by Crippen LogP contribution is 2.18. The van der Waals surface area contributed by atoms with Crippen LogP contribution in [0.3, 0.4) is 0 Å². The van der Waals surface area contributed by atoms with Crippen LogP contribution in [0.25, 0.3) is 0 Å². The average Bonchev–Trinajstić information content (AvgIpc) is 2.72. The summed E-state index contributed by atoms with van der Waals surface area (Å²) in [5.74, 6) is 1.32. The van der Waals surface area contributed by atoms with Gasteiger partial charge in [-0.25, -0.2) is 9.37 Å². The first-order valence-electron chi connectivity index (χ1n) is 9.43. The number of guanidine groups is 1. The number of benzene rings is 1. The van der Waals surface area contributed by atoms with Crippen LogP contribution >= 0.6 is 24.0 Å². The highest BCUT2D eigenvalue weighted by molar-refractivity contribution is 14.0. The van der Waals surface area contributed by atoms with Crippen molar-refractivity contribution in [3.63, 3.8) is 0 Å². The van der Waals surface area contributed by atoms with E-state index >= 15 is 0 Å². The Morgan fingerprint density at radius 1 is 1.31 bits per heavy atom. The molecule has 2 heterocycles. The topological polar surface area (TPSA) is 76.3 Å². The highest BCUT2D eigenvalue weighted by Gasteiger charge is 2.21. The number of piperidine rings is 1. The van der Waals surface area contributed by atoms with Crippen molar-refractivity contribution in [2.75, 3.05) is 25.0 Å². The number of pyridine rings is 1. The van der Waals surface area contributed by atoms with Gasteiger partial charge in [-0.1, -0.05) is 6.07 Å². The van der Waals surface area contributed by atoms with Crippen LogP contribution in [-0.2, 0) is 6.54 Å². The fourth-order valence-corrected chi connectivity index (χ4v) is 3.30. The van der Waals surface area contributed by atoms with E-state index in [0.717, 1.165) is 37.4 Å². The lowest BCUT2D eigenvalue weighted by atomic mass is 10.1. The number of aryl methyl sites for hydroxylation is 1. The smallest absolute Gasteiger partial charge is 0.191 e. The average molecular weight is 508 g/mol. The number of anilines is 1. The van der Waals surface area contributed by atoms with Gasteiger partial charge in [0, 0.05) is 44.0 Å². The third-order valence-corrected chi connectivity index (χ3v) is 4.88. The summed E-state index contributed by atoms with van der Waals surface area (Å²) in [5, 5.41) is 15.5. The van der Waals surface area contributed by atoms with Crippen LogP contribution in [-0.4, -0.2) is 37.1 Å². The molecular weight excluding hydrogens is 482 g/mol. The van der Waals surface area contributed by atoms with E-state index in [0.29, 0.717) is 23.1 Å². The highest BCUT2D eigenvalue weighted by atomic mass is 127. The molecule has 0 unspecified atom stereocenters. The minimum atomic E-state index is -0.332. The van der Waals surface area contributed by atoms with Gasteiger partial charge < -0.3 is 15.5 Å².